The molecular weight excluding hydrogens is 428 g/mol. The lowest BCUT2D eigenvalue weighted by Crippen LogP contribution is -2.50. The molecule has 1 amide bonds. The van der Waals surface area contributed by atoms with Gasteiger partial charge in [0.2, 0.25) is 5.91 Å². The Balaban J connectivity index is 1.32. The van der Waals surface area contributed by atoms with E-state index in [2.05, 4.69) is 53.4 Å². The predicted molar refractivity (Wildman–Crippen MR) is 131 cm³/mol. The number of phenolic OH excluding ortho intramolecular Hbond substituents is 1. The largest absolute Gasteiger partial charge is 0.508 e. The van der Waals surface area contributed by atoms with Crippen LogP contribution in [0.5, 0.6) is 5.75 Å². The molecule has 1 fully saturated rings. The van der Waals surface area contributed by atoms with Gasteiger partial charge in [-0.25, -0.2) is 4.79 Å². The maximum Gasteiger partial charge on any atom is 0.336 e. The zero-order valence-corrected chi connectivity index (χ0v) is 18.8. The molecule has 5 rings (SSSR count). The van der Waals surface area contributed by atoms with Crippen molar-refractivity contribution in [3.05, 3.63) is 112 Å². The van der Waals surface area contributed by atoms with Crippen molar-refractivity contribution in [2.75, 3.05) is 26.2 Å². The molecule has 0 atom stereocenters. The highest BCUT2D eigenvalue weighted by molar-refractivity contribution is 5.87. The van der Waals surface area contributed by atoms with Crippen LogP contribution < -0.4 is 5.63 Å². The average Bonchev–Trinajstić information content (AvgIpc) is 2.85. The Kier molecular flexibility index (Phi) is 6.14. The smallest absolute Gasteiger partial charge is 0.336 e. The van der Waals surface area contributed by atoms with Gasteiger partial charge >= 0.3 is 5.63 Å². The van der Waals surface area contributed by atoms with E-state index in [-0.39, 0.29) is 29.7 Å². The zero-order valence-electron chi connectivity index (χ0n) is 18.8. The first kappa shape index (κ1) is 21.9. The molecule has 0 radical (unpaired) electrons. The average molecular weight is 455 g/mol. The quantitative estimate of drug-likeness (QED) is 0.462. The number of carbonyl (C=O) groups excluding carboxylic acids is 1. The highest BCUT2D eigenvalue weighted by Crippen LogP contribution is 2.29. The van der Waals surface area contributed by atoms with Gasteiger partial charge in [0.25, 0.3) is 0 Å². The first-order valence-electron chi connectivity index (χ1n) is 11.5. The number of fused-ring (bicyclic) bond motifs is 1. The standard InChI is InChI=1S/C28H26N2O4/c31-23-11-12-24-22(18-27(33)34-25(24)19-23)17-26(32)29-13-15-30(16-14-29)28(20-7-3-1-4-8-20)21-9-5-2-6-10-21/h1-12,18-19,28,31H,13-17H2. The Morgan fingerprint density at radius 1 is 0.853 bits per heavy atom. The van der Waals surface area contributed by atoms with E-state index in [9.17, 15) is 14.7 Å². The number of carbonyl (C=O) groups is 1. The molecule has 1 saturated heterocycles. The van der Waals surface area contributed by atoms with Gasteiger partial charge in [-0.05, 0) is 28.8 Å². The van der Waals surface area contributed by atoms with Crippen molar-refractivity contribution in [3.63, 3.8) is 0 Å². The van der Waals surface area contributed by atoms with Gasteiger partial charge in [0.05, 0.1) is 12.5 Å². The molecule has 4 aromatic rings. The molecule has 0 spiro atoms. The van der Waals surface area contributed by atoms with Crippen molar-refractivity contribution >= 4 is 16.9 Å². The molecule has 0 bridgehead atoms. The summed E-state index contributed by atoms with van der Waals surface area (Å²) in [7, 11) is 0. The lowest BCUT2D eigenvalue weighted by atomic mass is 9.96. The summed E-state index contributed by atoms with van der Waals surface area (Å²) >= 11 is 0. The summed E-state index contributed by atoms with van der Waals surface area (Å²) < 4.78 is 5.19. The number of rotatable bonds is 5. The number of aromatic hydroxyl groups is 1. The summed E-state index contributed by atoms with van der Waals surface area (Å²) in [5, 5.41) is 10.4. The number of benzene rings is 3. The molecule has 3 aromatic carbocycles. The van der Waals surface area contributed by atoms with Crippen LogP contribution in [-0.2, 0) is 11.2 Å². The van der Waals surface area contributed by atoms with Gasteiger partial charge in [0.15, 0.2) is 0 Å². The monoisotopic (exact) mass is 454 g/mol. The molecule has 0 aliphatic carbocycles. The number of phenols is 1. The molecule has 1 aliphatic heterocycles. The molecular formula is C28H26N2O4. The molecule has 0 saturated carbocycles. The Morgan fingerprint density at radius 3 is 2.09 bits per heavy atom. The second-order valence-corrected chi connectivity index (χ2v) is 8.59. The molecule has 172 valence electrons. The van der Waals surface area contributed by atoms with Gasteiger partial charge in [-0.3, -0.25) is 9.69 Å². The highest BCUT2D eigenvalue weighted by Gasteiger charge is 2.28. The van der Waals surface area contributed by atoms with Crippen molar-refractivity contribution in [3.8, 4) is 5.75 Å². The Bertz CT molecular complexity index is 1300. The summed E-state index contributed by atoms with van der Waals surface area (Å²) in [5.74, 6) is -0.00256. The molecule has 0 unspecified atom stereocenters. The Morgan fingerprint density at radius 2 is 1.47 bits per heavy atom. The minimum atomic E-state index is -0.528. The first-order valence-corrected chi connectivity index (χ1v) is 11.5. The van der Waals surface area contributed by atoms with Gasteiger partial charge in [-0.1, -0.05) is 60.7 Å². The number of nitrogens with zero attached hydrogens (tertiary/aromatic N) is 2. The lowest BCUT2D eigenvalue weighted by molar-refractivity contribution is -0.132. The van der Waals surface area contributed by atoms with Crippen molar-refractivity contribution < 1.29 is 14.3 Å². The first-order chi connectivity index (χ1) is 16.6. The summed E-state index contributed by atoms with van der Waals surface area (Å²) in [4.78, 5) is 29.4. The van der Waals surface area contributed by atoms with Crippen LogP contribution in [0.2, 0.25) is 0 Å². The van der Waals surface area contributed by atoms with E-state index in [0.29, 0.717) is 24.0 Å². The summed E-state index contributed by atoms with van der Waals surface area (Å²) in [6.07, 6.45) is 0.119. The SMILES string of the molecule is O=C(Cc1cc(=O)oc2cc(O)ccc12)N1CCN(C(c2ccccc2)c2ccccc2)CC1. The van der Waals surface area contributed by atoms with Gasteiger partial charge in [-0.2, -0.15) is 0 Å². The van der Waals surface area contributed by atoms with E-state index >= 15 is 0 Å². The number of piperazine rings is 1. The molecule has 34 heavy (non-hydrogen) atoms. The third kappa shape index (κ3) is 4.58. The van der Waals surface area contributed by atoms with E-state index < -0.39 is 5.63 Å². The van der Waals surface area contributed by atoms with E-state index in [4.69, 9.17) is 4.42 Å². The highest BCUT2D eigenvalue weighted by atomic mass is 16.4. The minimum Gasteiger partial charge on any atom is -0.508 e. The molecule has 2 heterocycles. The van der Waals surface area contributed by atoms with E-state index in [1.54, 1.807) is 6.07 Å². The van der Waals surface area contributed by atoms with Gasteiger partial charge in [0, 0.05) is 43.7 Å². The number of hydrogen-bond acceptors (Lipinski definition) is 5. The third-order valence-corrected chi connectivity index (χ3v) is 6.42. The fourth-order valence-electron chi connectivity index (χ4n) is 4.75. The van der Waals surface area contributed by atoms with Gasteiger partial charge in [-0.15, -0.1) is 0 Å². The zero-order chi connectivity index (χ0) is 23.5. The summed E-state index contributed by atoms with van der Waals surface area (Å²) in [6, 6.07) is 27.0. The normalized spacial score (nSPS) is 14.6. The fraction of sp³-hybridized carbons (Fsp3) is 0.214. The molecule has 6 heteroatoms. The van der Waals surface area contributed by atoms with E-state index in [1.165, 1.54) is 29.3 Å². The topological polar surface area (TPSA) is 74.0 Å². The van der Waals surface area contributed by atoms with Gasteiger partial charge < -0.3 is 14.4 Å². The van der Waals surface area contributed by atoms with Crippen molar-refractivity contribution in [2.45, 2.75) is 12.5 Å². The summed E-state index contributed by atoms with van der Waals surface area (Å²) in [6.45, 7) is 2.75. The van der Waals surface area contributed by atoms with Crippen molar-refractivity contribution in [1.29, 1.82) is 0 Å². The second kappa shape index (κ2) is 9.53. The van der Waals surface area contributed by atoms with Crippen LogP contribution in [0.15, 0.2) is 94.1 Å². The number of amides is 1. The molecule has 1 aliphatic rings. The van der Waals surface area contributed by atoms with Crippen LogP contribution >= 0.6 is 0 Å². The van der Waals surface area contributed by atoms with Crippen molar-refractivity contribution in [2.24, 2.45) is 0 Å². The third-order valence-electron chi connectivity index (χ3n) is 6.42. The Labute approximate surface area is 197 Å². The van der Waals surface area contributed by atoms with Crippen LogP contribution in [0.4, 0.5) is 0 Å². The minimum absolute atomic E-state index is 0.0154. The maximum absolute atomic E-state index is 13.1. The van der Waals surface area contributed by atoms with Crippen LogP contribution in [0.3, 0.4) is 0 Å². The van der Waals surface area contributed by atoms with Crippen LogP contribution in [0.25, 0.3) is 11.0 Å². The van der Waals surface area contributed by atoms with Crippen molar-refractivity contribution in [1.82, 2.24) is 9.80 Å². The molecule has 1 N–H and O–H groups in total. The molecule has 1 aromatic heterocycles. The Hall–Kier alpha value is -3.90. The fourth-order valence-corrected chi connectivity index (χ4v) is 4.75. The van der Waals surface area contributed by atoms with Crippen LogP contribution in [0, 0.1) is 0 Å². The lowest BCUT2D eigenvalue weighted by Gasteiger charge is -2.40. The number of hydrogen-bond donors (Lipinski definition) is 1. The molecule has 6 nitrogen and oxygen atoms in total. The van der Waals surface area contributed by atoms with Crippen LogP contribution in [-0.4, -0.2) is 47.0 Å². The van der Waals surface area contributed by atoms with E-state index in [0.717, 1.165) is 13.1 Å². The summed E-state index contributed by atoms with van der Waals surface area (Å²) in [5.41, 5.74) is 2.84. The second-order valence-electron chi connectivity index (χ2n) is 8.59. The van der Waals surface area contributed by atoms with Gasteiger partial charge in [0.1, 0.15) is 11.3 Å². The maximum atomic E-state index is 13.1. The van der Waals surface area contributed by atoms with E-state index in [1.807, 2.05) is 17.0 Å². The predicted octanol–water partition coefficient (Wildman–Crippen LogP) is 3.97. The van der Waals surface area contributed by atoms with Crippen LogP contribution in [0.1, 0.15) is 22.7 Å².